The van der Waals surface area contributed by atoms with Crippen LogP contribution in [0.25, 0.3) is 11.0 Å². The van der Waals surface area contributed by atoms with Crippen molar-refractivity contribution in [3.05, 3.63) is 56.3 Å². The summed E-state index contributed by atoms with van der Waals surface area (Å²) in [6.07, 6.45) is 5.28. The molecule has 2 aliphatic carbocycles. The molecule has 30 heavy (non-hydrogen) atoms. The predicted molar refractivity (Wildman–Crippen MR) is 115 cm³/mol. The molecule has 0 aromatic carbocycles. The second kappa shape index (κ2) is 7.07. The Balaban J connectivity index is 1.59. The molecule has 0 bridgehead atoms. The Hall–Kier alpha value is -2.96. The van der Waals surface area contributed by atoms with Gasteiger partial charge in [-0.3, -0.25) is 14.7 Å². The van der Waals surface area contributed by atoms with E-state index in [1.165, 1.54) is 0 Å². The van der Waals surface area contributed by atoms with Crippen LogP contribution >= 0.6 is 0 Å². The molecule has 0 unspecified atom stereocenters. The van der Waals surface area contributed by atoms with Gasteiger partial charge in [0, 0.05) is 34.6 Å². The molecular formula is C23H27N5O2. The highest BCUT2D eigenvalue weighted by Crippen LogP contribution is 2.40. The molecule has 2 fully saturated rings. The Morgan fingerprint density at radius 2 is 1.93 bits per heavy atom. The summed E-state index contributed by atoms with van der Waals surface area (Å²) in [5.41, 5.74) is 5.38. The molecule has 7 heteroatoms. The van der Waals surface area contributed by atoms with E-state index >= 15 is 0 Å². The molecule has 5 rings (SSSR count). The second-order valence-corrected chi connectivity index (χ2v) is 8.88. The SMILES string of the molecule is Cc1cc(C)c(CN(C(=O)c2cc(C3CC3)nc3n[nH]c(C)c23)C2CCC2)c(=O)[nH]1. The number of hydrogen-bond acceptors (Lipinski definition) is 4. The Kier molecular flexibility index (Phi) is 4.49. The van der Waals surface area contributed by atoms with E-state index in [9.17, 15) is 9.59 Å². The quantitative estimate of drug-likeness (QED) is 0.677. The van der Waals surface area contributed by atoms with Crippen LogP contribution in [-0.4, -0.2) is 37.0 Å². The van der Waals surface area contributed by atoms with Gasteiger partial charge in [0.05, 0.1) is 17.5 Å². The molecule has 3 aromatic rings. The monoisotopic (exact) mass is 405 g/mol. The lowest BCUT2D eigenvalue weighted by Crippen LogP contribution is -2.45. The van der Waals surface area contributed by atoms with E-state index in [1.807, 2.05) is 37.8 Å². The first-order valence-corrected chi connectivity index (χ1v) is 10.8. The molecule has 0 radical (unpaired) electrons. The Morgan fingerprint density at radius 1 is 1.17 bits per heavy atom. The molecule has 2 N–H and O–H groups in total. The van der Waals surface area contributed by atoms with E-state index < -0.39 is 0 Å². The number of carbonyl (C=O) groups excluding carboxylic acids is 1. The third kappa shape index (κ3) is 3.22. The average Bonchev–Trinajstić information content (AvgIpc) is 3.44. The fraction of sp³-hybridized carbons (Fsp3) is 0.478. The van der Waals surface area contributed by atoms with Crippen LogP contribution in [0.2, 0.25) is 0 Å². The summed E-state index contributed by atoms with van der Waals surface area (Å²) < 4.78 is 0. The van der Waals surface area contributed by atoms with Crippen molar-refractivity contribution < 1.29 is 4.79 Å². The third-order valence-corrected chi connectivity index (χ3v) is 6.55. The topological polar surface area (TPSA) is 94.7 Å². The molecule has 2 aliphatic rings. The van der Waals surface area contributed by atoms with Gasteiger partial charge in [-0.2, -0.15) is 5.10 Å². The highest BCUT2D eigenvalue weighted by Gasteiger charge is 2.34. The number of pyridine rings is 2. The summed E-state index contributed by atoms with van der Waals surface area (Å²) in [6.45, 7) is 6.07. The lowest BCUT2D eigenvalue weighted by Gasteiger charge is -2.38. The van der Waals surface area contributed by atoms with E-state index in [-0.39, 0.29) is 17.5 Å². The Labute approximate surface area is 174 Å². The van der Waals surface area contributed by atoms with Crippen molar-refractivity contribution in [1.29, 1.82) is 0 Å². The fourth-order valence-electron chi connectivity index (χ4n) is 4.42. The molecule has 3 heterocycles. The van der Waals surface area contributed by atoms with Crippen LogP contribution in [0, 0.1) is 20.8 Å². The third-order valence-electron chi connectivity index (χ3n) is 6.55. The summed E-state index contributed by atoms with van der Waals surface area (Å²) in [5, 5.41) is 8.12. The zero-order chi connectivity index (χ0) is 21.0. The lowest BCUT2D eigenvalue weighted by molar-refractivity contribution is 0.0557. The summed E-state index contributed by atoms with van der Waals surface area (Å²) in [6, 6.07) is 4.09. The van der Waals surface area contributed by atoms with E-state index in [1.54, 1.807) is 0 Å². The lowest BCUT2D eigenvalue weighted by atomic mass is 9.90. The average molecular weight is 406 g/mol. The highest BCUT2D eigenvalue weighted by molar-refractivity contribution is 6.06. The number of fused-ring (bicyclic) bond motifs is 1. The standard InChI is InChI=1S/C23H27N5O2/c1-12-9-13(2)24-22(29)18(12)11-28(16-5-4-6-16)23(30)17-10-19(15-7-8-15)25-21-20(17)14(3)26-27-21/h9-10,15-16H,4-8,11H2,1-3H3,(H,24,29)(H,25,26,27). The van der Waals surface area contributed by atoms with Gasteiger partial charge in [0.15, 0.2) is 5.65 Å². The molecule has 7 nitrogen and oxygen atoms in total. The van der Waals surface area contributed by atoms with Crippen molar-refractivity contribution in [2.24, 2.45) is 0 Å². The Morgan fingerprint density at radius 3 is 2.57 bits per heavy atom. The summed E-state index contributed by atoms with van der Waals surface area (Å²) in [5.74, 6) is 0.398. The summed E-state index contributed by atoms with van der Waals surface area (Å²) in [7, 11) is 0. The number of aryl methyl sites for hydroxylation is 3. The van der Waals surface area contributed by atoms with Gasteiger partial charge in [-0.25, -0.2) is 4.98 Å². The number of aromatic nitrogens is 4. The highest BCUT2D eigenvalue weighted by atomic mass is 16.2. The zero-order valence-electron chi connectivity index (χ0n) is 17.7. The van der Waals surface area contributed by atoms with Gasteiger partial charge in [-0.15, -0.1) is 0 Å². The van der Waals surface area contributed by atoms with E-state index in [0.29, 0.717) is 29.2 Å². The molecule has 0 aliphatic heterocycles. The number of H-pyrrole nitrogens is 2. The fourth-order valence-corrected chi connectivity index (χ4v) is 4.42. The van der Waals surface area contributed by atoms with Gasteiger partial charge in [-0.05, 0) is 70.6 Å². The first kappa shape index (κ1) is 19.0. The minimum Gasteiger partial charge on any atom is -0.331 e. The van der Waals surface area contributed by atoms with Gasteiger partial charge in [0.1, 0.15) is 0 Å². The van der Waals surface area contributed by atoms with E-state index in [2.05, 4.69) is 15.2 Å². The molecule has 0 atom stereocenters. The maximum atomic E-state index is 13.9. The normalized spacial score (nSPS) is 16.6. The number of aromatic amines is 2. The van der Waals surface area contributed by atoms with Crippen LogP contribution < -0.4 is 5.56 Å². The van der Waals surface area contributed by atoms with Crippen molar-refractivity contribution in [3.8, 4) is 0 Å². The Bertz CT molecular complexity index is 1200. The summed E-state index contributed by atoms with van der Waals surface area (Å²) in [4.78, 5) is 36.0. The van der Waals surface area contributed by atoms with E-state index in [0.717, 1.165) is 60.1 Å². The van der Waals surface area contributed by atoms with Crippen molar-refractivity contribution in [3.63, 3.8) is 0 Å². The van der Waals surface area contributed by atoms with E-state index in [4.69, 9.17) is 4.98 Å². The van der Waals surface area contributed by atoms with Crippen LogP contribution in [0.3, 0.4) is 0 Å². The smallest absolute Gasteiger partial charge is 0.255 e. The van der Waals surface area contributed by atoms with Crippen LogP contribution in [0.1, 0.15) is 76.6 Å². The van der Waals surface area contributed by atoms with Crippen molar-refractivity contribution >= 4 is 16.9 Å². The number of rotatable bonds is 5. The number of carbonyl (C=O) groups is 1. The first-order chi connectivity index (χ1) is 14.4. The molecular weight excluding hydrogens is 378 g/mol. The van der Waals surface area contributed by atoms with Gasteiger partial charge >= 0.3 is 0 Å². The maximum Gasteiger partial charge on any atom is 0.255 e. The number of nitrogens with zero attached hydrogens (tertiary/aromatic N) is 3. The molecule has 156 valence electrons. The number of amides is 1. The van der Waals surface area contributed by atoms with Crippen molar-refractivity contribution in [2.45, 2.75) is 71.4 Å². The van der Waals surface area contributed by atoms with Gasteiger partial charge in [0.2, 0.25) is 0 Å². The molecule has 2 saturated carbocycles. The largest absolute Gasteiger partial charge is 0.331 e. The van der Waals surface area contributed by atoms with Crippen LogP contribution in [0.4, 0.5) is 0 Å². The minimum atomic E-state index is -0.109. The van der Waals surface area contributed by atoms with Crippen molar-refractivity contribution in [1.82, 2.24) is 25.1 Å². The zero-order valence-corrected chi connectivity index (χ0v) is 17.7. The van der Waals surface area contributed by atoms with Gasteiger partial charge < -0.3 is 9.88 Å². The van der Waals surface area contributed by atoms with Gasteiger partial charge in [-0.1, -0.05) is 0 Å². The van der Waals surface area contributed by atoms with Crippen LogP contribution in [0.5, 0.6) is 0 Å². The number of hydrogen-bond donors (Lipinski definition) is 2. The molecule has 3 aromatic heterocycles. The van der Waals surface area contributed by atoms with Crippen molar-refractivity contribution in [2.75, 3.05) is 0 Å². The number of nitrogens with one attached hydrogen (secondary N) is 2. The predicted octanol–water partition coefficient (Wildman–Crippen LogP) is 3.64. The maximum absolute atomic E-state index is 13.9. The first-order valence-electron chi connectivity index (χ1n) is 10.8. The van der Waals surface area contributed by atoms with Gasteiger partial charge in [0.25, 0.3) is 11.5 Å². The minimum absolute atomic E-state index is 0.0297. The molecule has 1 amide bonds. The van der Waals surface area contributed by atoms with Crippen LogP contribution in [-0.2, 0) is 6.54 Å². The molecule has 0 saturated heterocycles. The molecule has 0 spiro atoms. The summed E-state index contributed by atoms with van der Waals surface area (Å²) >= 11 is 0. The second-order valence-electron chi connectivity index (χ2n) is 8.88. The van der Waals surface area contributed by atoms with Crippen LogP contribution in [0.15, 0.2) is 16.9 Å².